The van der Waals surface area contributed by atoms with Crippen molar-refractivity contribution in [2.75, 3.05) is 6.54 Å². The average molecular weight is 442 g/mol. The number of ether oxygens (including phenoxy) is 1. The van der Waals surface area contributed by atoms with Crippen LogP contribution >= 0.6 is 12.6 Å². The summed E-state index contributed by atoms with van der Waals surface area (Å²) in [6, 6.07) is 17.8. The molecule has 31 heavy (non-hydrogen) atoms. The molecule has 7 nitrogen and oxygen atoms in total. The Labute approximate surface area is 187 Å². The van der Waals surface area contributed by atoms with Gasteiger partial charge in [-0.1, -0.05) is 72.7 Å². The first-order valence-electron chi connectivity index (χ1n) is 10.2. The SMILES string of the molecule is CCC1=NOC(CN(C(=O)OCc2ccccc2)C(=O)[C@@H](N)Cc2ccccc2)C1S. The van der Waals surface area contributed by atoms with Gasteiger partial charge in [-0.05, 0) is 24.0 Å². The van der Waals surface area contributed by atoms with Crippen molar-refractivity contribution in [1.29, 1.82) is 0 Å². The smallest absolute Gasteiger partial charge is 0.417 e. The summed E-state index contributed by atoms with van der Waals surface area (Å²) in [4.78, 5) is 32.4. The highest BCUT2D eigenvalue weighted by Gasteiger charge is 2.37. The van der Waals surface area contributed by atoms with Gasteiger partial charge in [0.05, 0.1) is 23.5 Å². The Balaban J connectivity index is 1.71. The summed E-state index contributed by atoms with van der Waals surface area (Å²) in [5.74, 6) is -0.531. The summed E-state index contributed by atoms with van der Waals surface area (Å²) in [5, 5.41) is 3.70. The van der Waals surface area contributed by atoms with Gasteiger partial charge in [-0.25, -0.2) is 9.69 Å². The van der Waals surface area contributed by atoms with Gasteiger partial charge in [0.25, 0.3) is 0 Å². The molecule has 3 atom stereocenters. The van der Waals surface area contributed by atoms with E-state index in [1.54, 1.807) is 0 Å². The van der Waals surface area contributed by atoms with Crippen molar-refractivity contribution in [2.45, 2.75) is 43.8 Å². The van der Waals surface area contributed by atoms with Crippen molar-refractivity contribution in [3.05, 3.63) is 71.8 Å². The molecule has 0 aliphatic carbocycles. The predicted octanol–water partition coefficient (Wildman–Crippen LogP) is 3.19. The van der Waals surface area contributed by atoms with E-state index in [1.807, 2.05) is 67.6 Å². The van der Waals surface area contributed by atoms with Gasteiger partial charge in [0, 0.05) is 0 Å². The maximum atomic E-state index is 13.1. The fourth-order valence-corrected chi connectivity index (χ4v) is 3.63. The molecule has 164 valence electrons. The lowest BCUT2D eigenvalue weighted by Gasteiger charge is -2.26. The lowest BCUT2D eigenvalue weighted by Crippen LogP contribution is -2.51. The minimum absolute atomic E-state index is 0.0455. The van der Waals surface area contributed by atoms with Gasteiger partial charge in [-0.15, -0.1) is 0 Å². The number of carbonyl (C=O) groups excluding carboxylic acids is 2. The van der Waals surface area contributed by atoms with Crippen LogP contribution < -0.4 is 5.73 Å². The van der Waals surface area contributed by atoms with Gasteiger partial charge >= 0.3 is 6.09 Å². The maximum Gasteiger partial charge on any atom is 0.417 e. The van der Waals surface area contributed by atoms with Gasteiger partial charge in [0.1, 0.15) is 6.61 Å². The molecule has 2 aromatic carbocycles. The molecule has 0 saturated heterocycles. The molecule has 2 unspecified atom stereocenters. The molecular weight excluding hydrogens is 414 g/mol. The third-order valence-electron chi connectivity index (χ3n) is 5.03. The Bertz CT molecular complexity index is 908. The van der Waals surface area contributed by atoms with Crippen LogP contribution in [0.15, 0.2) is 65.8 Å². The van der Waals surface area contributed by atoms with Crippen LogP contribution in [0.2, 0.25) is 0 Å². The second-order valence-electron chi connectivity index (χ2n) is 7.31. The zero-order valence-corrected chi connectivity index (χ0v) is 18.3. The quantitative estimate of drug-likeness (QED) is 0.614. The highest BCUT2D eigenvalue weighted by molar-refractivity contribution is 7.82. The summed E-state index contributed by atoms with van der Waals surface area (Å²) in [6.45, 7) is 1.95. The largest absolute Gasteiger partial charge is 0.444 e. The molecule has 0 radical (unpaired) electrons. The number of nitrogens with zero attached hydrogens (tertiary/aromatic N) is 2. The molecule has 0 fully saturated rings. The van der Waals surface area contributed by atoms with Crippen molar-refractivity contribution >= 4 is 30.3 Å². The normalized spacial score (nSPS) is 18.6. The second-order valence-corrected chi connectivity index (χ2v) is 7.87. The summed E-state index contributed by atoms with van der Waals surface area (Å²) >= 11 is 4.54. The van der Waals surface area contributed by atoms with E-state index in [0.717, 1.165) is 21.7 Å². The van der Waals surface area contributed by atoms with Crippen LogP contribution in [0.5, 0.6) is 0 Å². The average Bonchev–Trinajstić information content (AvgIpc) is 3.15. The third kappa shape index (κ3) is 6.08. The lowest BCUT2D eigenvalue weighted by atomic mass is 10.1. The van der Waals surface area contributed by atoms with E-state index in [9.17, 15) is 9.59 Å². The summed E-state index contributed by atoms with van der Waals surface area (Å²) in [6.07, 6.45) is -0.360. The molecule has 2 amide bonds. The number of imide groups is 1. The molecule has 8 heteroatoms. The molecule has 3 rings (SSSR count). The zero-order chi connectivity index (χ0) is 22.2. The highest BCUT2D eigenvalue weighted by atomic mass is 32.1. The van der Waals surface area contributed by atoms with Gasteiger partial charge in [0.2, 0.25) is 5.91 Å². The molecule has 0 bridgehead atoms. The fourth-order valence-electron chi connectivity index (χ4n) is 3.26. The van der Waals surface area contributed by atoms with Gasteiger partial charge in [0.15, 0.2) is 6.10 Å². The van der Waals surface area contributed by atoms with Gasteiger partial charge in [-0.3, -0.25) is 4.79 Å². The number of carbonyl (C=O) groups is 2. The molecule has 0 spiro atoms. The Morgan fingerprint density at radius 2 is 1.74 bits per heavy atom. The number of nitrogens with two attached hydrogens (primary N) is 1. The third-order valence-corrected chi connectivity index (χ3v) is 5.66. The summed E-state index contributed by atoms with van der Waals surface area (Å²) in [5.41, 5.74) is 8.66. The van der Waals surface area contributed by atoms with Crippen LogP contribution in [0.3, 0.4) is 0 Å². The van der Waals surface area contributed by atoms with Crippen molar-refractivity contribution in [1.82, 2.24) is 4.90 Å². The van der Waals surface area contributed by atoms with Gasteiger partial charge in [-0.2, -0.15) is 12.6 Å². The Morgan fingerprint density at radius 3 is 2.32 bits per heavy atom. The molecule has 1 aliphatic rings. The Kier molecular flexibility index (Phi) is 8.08. The van der Waals surface area contributed by atoms with E-state index in [0.29, 0.717) is 12.8 Å². The fraction of sp³-hybridized carbons (Fsp3) is 0.348. The van der Waals surface area contributed by atoms with Crippen LogP contribution in [-0.2, 0) is 27.4 Å². The van der Waals surface area contributed by atoms with Crippen molar-refractivity contribution in [3.8, 4) is 0 Å². The van der Waals surface area contributed by atoms with E-state index in [1.165, 1.54) is 0 Å². The van der Waals surface area contributed by atoms with Crippen LogP contribution in [0.25, 0.3) is 0 Å². The topological polar surface area (TPSA) is 94.2 Å². The number of hydrogen-bond donors (Lipinski definition) is 2. The van der Waals surface area contributed by atoms with E-state index in [-0.39, 0.29) is 18.4 Å². The van der Waals surface area contributed by atoms with Crippen LogP contribution in [0, 0.1) is 0 Å². The van der Waals surface area contributed by atoms with Crippen molar-refractivity contribution in [3.63, 3.8) is 0 Å². The minimum Gasteiger partial charge on any atom is -0.444 e. The van der Waals surface area contributed by atoms with Crippen molar-refractivity contribution in [2.24, 2.45) is 10.9 Å². The summed E-state index contributed by atoms with van der Waals surface area (Å²) < 4.78 is 5.40. The Morgan fingerprint density at radius 1 is 1.13 bits per heavy atom. The van der Waals surface area contributed by atoms with Crippen molar-refractivity contribution < 1.29 is 19.2 Å². The van der Waals surface area contributed by atoms with E-state index < -0.39 is 24.1 Å². The van der Waals surface area contributed by atoms with Crippen LogP contribution in [-0.4, -0.2) is 46.6 Å². The molecule has 2 N–H and O–H groups in total. The van der Waals surface area contributed by atoms with E-state index in [2.05, 4.69) is 17.8 Å². The molecule has 1 aliphatic heterocycles. The van der Waals surface area contributed by atoms with Gasteiger partial charge < -0.3 is 15.3 Å². The monoisotopic (exact) mass is 441 g/mol. The molecule has 0 aromatic heterocycles. The minimum atomic E-state index is -0.905. The number of hydrogen-bond acceptors (Lipinski definition) is 7. The maximum absolute atomic E-state index is 13.1. The lowest BCUT2D eigenvalue weighted by molar-refractivity contribution is -0.132. The first-order valence-corrected chi connectivity index (χ1v) is 10.7. The highest BCUT2D eigenvalue weighted by Crippen LogP contribution is 2.21. The first-order chi connectivity index (χ1) is 15.0. The Hall–Kier alpha value is -2.84. The standard InChI is InChI=1S/C23H27N3O4S/c1-2-19-21(31)20(30-25-19)14-26(23(28)29-15-17-11-7-4-8-12-17)22(27)18(24)13-16-9-5-3-6-10-16/h3-12,18,20-21,31H,2,13-15,24H2,1H3/t18-,20?,21?/m0/s1. The molecule has 1 heterocycles. The molecule has 2 aromatic rings. The molecule has 0 saturated carbocycles. The number of thiol groups is 1. The number of oxime groups is 1. The number of benzene rings is 2. The second kappa shape index (κ2) is 11.0. The van der Waals surface area contributed by atoms with Crippen LogP contribution in [0.1, 0.15) is 24.5 Å². The molecular formula is C23H27N3O4S. The number of rotatable bonds is 8. The number of amides is 2. The van der Waals surface area contributed by atoms with E-state index >= 15 is 0 Å². The predicted molar refractivity (Wildman–Crippen MR) is 122 cm³/mol. The zero-order valence-electron chi connectivity index (χ0n) is 17.4. The van der Waals surface area contributed by atoms with E-state index in [4.69, 9.17) is 15.3 Å². The summed E-state index contributed by atoms with van der Waals surface area (Å²) in [7, 11) is 0. The first kappa shape index (κ1) is 22.8. The van der Waals surface area contributed by atoms with Crippen LogP contribution in [0.4, 0.5) is 4.79 Å².